The van der Waals surface area contributed by atoms with Crippen molar-refractivity contribution in [1.82, 2.24) is 15.0 Å². The van der Waals surface area contributed by atoms with E-state index in [0.717, 1.165) is 5.56 Å². The molecule has 0 aliphatic heterocycles. The molecular weight excluding hydrogens is 252 g/mol. The molecule has 6 heteroatoms. The molecule has 1 heterocycles. The van der Waals surface area contributed by atoms with Gasteiger partial charge in [-0.25, -0.2) is 4.68 Å². The summed E-state index contributed by atoms with van der Waals surface area (Å²) in [5.41, 5.74) is 1.95. The maximum absolute atomic E-state index is 8.93. The number of rotatable bonds is 4. The van der Waals surface area contributed by atoms with Crippen molar-refractivity contribution >= 4 is 11.6 Å². The minimum atomic E-state index is 0.291. The number of hydrogen-bond donors (Lipinski definition) is 0. The van der Waals surface area contributed by atoms with Crippen LogP contribution in [0.1, 0.15) is 17.0 Å². The first-order valence-electron chi connectivity index (χ1n) is 5.30. The summed E-state index contributed by atoms with van der Waals surface area (Å²) in [5, 5.41) is 17.4. The van der Waals surface area contributed by atoms with Gasteiger partial charge >= 0.3 is 0 Å². The minimum Gasteiger partial charge on any atom is -0.378 e. The van der Waals surface area contributed by atoms with Crippen LogP contribution in [-0.4, -0.2) is 22.1 Å². The predicted molar refractivity (Wildman–Crippen MR) is 66.0 cm³/mol. The summed E-state index contributed by atoms with van der Waals surface area (Å²) in [7, 11) is 1.57. The fraction of sp³-hybridized carbons (Fsp3) is 0.250. The first-order valence-corrected chi connectivity index (χ1v) is 5.68. The third-order valence-corrected chi connectivity index (χ3v) is 2.68. The van der Waals surface area contributed by atoms with E-state index in [2.05, 4.69) is 10.3 Å². The van der Waals surface area contributed by atoms with Gasteiger partial charge in [-0.15, -0.1) is 5.10 Å². The van der Waals surface area contributed by atoms with Gasteiger partial charge in [-0.05, 0) is 17.7 Å². The Bertz CT molecular complexity index is 588. The van der Waals surface area contributed by atoms with Gasteiger partial charge in [0.05, 0.1) is 13.2 Å². The quantitative estimate of drug-likeness (QED) is 0.845. The first kappa shape index (κ1) is 12.6. The highest BCUT2D eigenvalue weighted by Crippen LogP contribution is 2.13. The minimum absolute atomic E-state index is 0.291. The predicted octanol–water partition coefficient (Wildman–Crippen LogP) is 2.00. The van der Waals surface area contributed by atoms with E-state index in [1.807, 2.05) is 30.3 Å². The van der Waals surface area contributed by atoms with Crippen LogP contribution in [0.5, 0.6) is 0 Å². The van der Waals surface area contributed by atoms with Crippen LogP contribution in [0.15, 0.2) is 24.3 Å². The summed E-state index contributed by atoms with van der Waals surface area (Å²) in [5.74, 6) is 0. The lowest BCUT2D eigenvalue weighted by atomic mass is 10.2. The molecule has 18 heavy (non-hydrogen) atoms. The van der Waals surface area contributed by atoms with Crippen molar-refractivity contribution in [3.8, 4) is 6.07 Å². The fourth-order valence-electron chi connectivity index (χ4n) is 1.63. The van der Waals surface area contributed by atoms with Crippen molar-refractivity contribution in [2.75, 3.05) is 7.11 Å². The third-order valence-electron chi connectivity index (χ3n) is 2.45. The Morgan fingerprint density at radius 3 is 3.00 bits per heavy atom. The zero-order valence-corrected chi connectivity index (χ0v) is 10.6. The van der Waals surface area contributed by atoms with E-state index in [1.165, 1.54) is 0 Å². The molecule has 92 valence electrons. The molecule has 0 fully saturated rings. The van der Waals surface area contributed by atoms with Crippen molar-refractivity contribution < 1.29 is 4.74 Å². The molecule has 0 spiro atoms. The van der Waals surface area contributed by atoms with Crippen LogP contribution in [0.2, 0.25) is 5.02 Å². The summed E-state index contributed by atoms with van der Waals surface area (Å²) in [6.45, 7) is 0.810. The topological polar surface area (TPSA) is 63.7 Å². The van der Waals surface area contributed by atoms with Crippen LogP contribution < -0.4 is 0 Å². The van der Waals surface area contributed by atoms with Gasteiger partial charge in [0.2, 0.25) is 0 Å². The zero-order chi connectivity index (χ0) is 13.0. The summed E-state index contributed by atoms with van der Waals surface area (Å²) in [6, 6.07) is 9.47. The van der Waals surface area contributed by atoms with Crippen molar-refractivity contribution in [2.24, 2.45) is 0 Å². The molecule has 1 aromatic carbocycles. The second-order valence-electron chi connectivity index (χ2n) is 3.72. The number of hydrogen-bond acceptors (Lipinski definition) is 4. The molecule has 0 unspecified atom stereocenters. The van der Waals surface area contributed by atoms with E-state index < -0.39 is 0 Å². The summed E-state index contributed by atoms with van der Waals surface area (Å²) in [4.78, 5) is 0. The lowest BCUT2D eigenvalue weighted by Crippen LogP contribution is -2.08. The standard InChI is InChI=1S/C12H11ClN4O/c1-18-8-12-11(6-14)15-16-17(12)7-9-3-2-4-10(13)5-9/h2-5H,7-8H2,1H3. The molecule has 1 aromatic heterocycles. The average molecular weight is 263 g/mol. The molecule has 0 saturated carbocycles. The normalized spacial score (nSPS) is 10.3. The van der Waals surface area contributed by atoms with Crippen LogP contribution in [0.4, 0.5) is 0 Å². The number of nitrogens with zero attached hydrogens (tertiary/aromatic N) is 4. The second-order valence-corrected chi connectivity index (χ2v) is 4.15. The van der Waals surface area contributed by atoms with Gasteiger partial charge in [-0.3, -0.25) is 0 Å². The highest BCUT2D eigenvalue weighted by atomic mass is 35.5. The van der Waals surface area contributed by atoms with Gasteiger partial charge in [0.1, 0.15) is 11.8 Å². The van der Waals surface area contributed by atoms with Crippen LogP contribution in [-0.2, 0) is 17.9 Å². The summed E-state index contributed by atoms with van der Waals surface area (Å²) >= 11 is 5.92. The Kier molecular flexibility index (Phi) is 3.92. The summed E-state index contributed by atoms with van der Waals surface area (Å²) in [6.07, 6.45) is 0. The molecule has 2 rings (SSSR count). The van der Waals surface area contributed by atoms with E-state index in [4.69, 9.17) is 21.6 Å². The van der Waals surface area contributed by atoms with Crippen LogP contribution in [0.25, 0.3) is 0 Å². The van der Waals surface area contributed by atoms with Crippen molar-refractivity contribution in [3.05, 3.63) is 46.2 Å². The Morgan fingerprint density at radius 2 is 2.33 bits per heavy atom. The number of aromatic nitrogens is 3. The second kappa shape index (κ2) is 5.63. The van der Waals surface area contributed by atoms with E-state index in [0.29, 0.717) is 29.6 Å². The molecule has 2 aromatic rings. The van der Waals surface area contributed by atoms with Gasteiger partial charge in [0.15, 0.2) is 5.69 Å². The largest absolute Gasteiger partial charge is 0.378 e. The Balaban J connectivity index is 2.29. The molecule has 0 atom stereocenters. The zero-order valence-electron chi connectivity index (χ0n) is 9.80. The molecule has 0 saturated heterocycles. The maximum Gasteiger partial charge on any atom is 0.188 e. The third kappa shape index (κ3) is 2.67. The van der Waals surface area contributed by atoms with Gasteiger partial charge in [0.25, 0.3) is 0 Å². The molecule has 0 aliphatic carbocycles. The molecule has 5 nitrogen and oxygen atoms in total. The lowest BCUT2D eigenvalue weighted by Gasteiger charge is -2.06. The van der Waals surface area contributed by atoms with E-state index >= 15 is 0 Å². The highest BCUT2D eigenvalue weighted by molar-refractivity contribution is 6.30. The lowest BCUT2D eigenvalue weighted by molar-refractivity contribution is 0.177. The first-order chi connectivity index (χ1) is 8.74. The van der Waals surface area contributed by atoms with Gasteiger partial charge in [0, 0.05) is 12.1 Å². The maximum atomic E-state index is 8.93. The fourth-order valence-corrected chi connectivity index (χ4v) is 1.85. The SMILES string of the molecule is COCc1c(C#N)nnn1Cc1cccc(Cl)c1. The van der Waals surface area contributed by atoms with Gasteiger partial charge in [-0.2, -0.15) is 5.26 Å². The van der Waals surface area contributed by atoms with Crippen molar-refractivity contribution in [2.45, 2.75) is 13.2 Å². The molecule has 0 N–H and O–H groups in total. The Hall–Kier alpha value is -1.90. The average Bonchev–Trinajstić information content (AvgIpc) is 2.72. The Labute approximate surface area is 110 Å². The van der Waals surface area contributed by atoms with E-state index in [1.54, 1.807) is 11.8 Å². The Morgan fingerprint density at radius 1 is 1.50 bits per heavy atom. The smallest absolute Gasteiger partial charge is 0.188 e. The molecule has 0 bridgehead atoms. The van der Waals surface area contributed by atoms with Crippen LogP contribution in [0, 0.1) is 11.3 Å². The number of halogens is 1. The molecular formula is C12H11ClN4O. The molecule has 0 amide bonds. The molecule has 0 radical (unpaired) electrons. The number of nitriles is 1. The number of ether oxygens (including phenoxy) is 1. The highest BCUT2D eigenvalue weighted by Gasteiger charge is 2.12. The van der Waals surface area contributed by atoms with Gasteiger partial charge < -0.3 is 4.74 Å². The van der Waals surface area contributed by atoms with E-state index in [-0.39, 0.29) is 0 Å². The number of methoxy groups -OCH3 is 1. The van der Waals surface area contributed by atoms with Crippen molar-refractivity contribution in [1.29, 1.82) is 5.26 Å². The monoisotopic (exact) mass is 262 g/mol. The summed E-state index contributed by atoms with van der Waals surface area (Å²) < 4.78 is 6.70. The van der Waals surface area contributed by atoms with Crippen LogP contribution >= 0.6 is 11.6 Å². The van der Waals surface area contributed by atoms with Gasteiger partial charge in [-0.1, -0.05) is 28.9 Å². The van der Waals surface area contributed by atoms with Crippen LogP contribution in [0.3, 0.4) is 0 Å². The van der Waals surface area contributed by atoms with E-state index in [9.17, 15) is 0 Å². The van der Waals surface area contributed by atoms with Crippen molar-refractivity contribution in [3.63, 3.8) is 0 Å². The number of benzene rings is 1. The molecule has 0 aliphatic rings.